The molecule has 0 radical (unpaired) electrons. The average Bonchev–Trinajstić information content (AvgIpc) is 2.66. The topological polar surface area (TPSA) is 93.7 Å². The summed E-state index contributed by atoms with van der Waals surface area (Å²) in [4.78, 5) is 12.1. The number of carbonyl (C=O) groups excluding carboxylic acids is 1. The Bertz CT molecular complexity index is 869. The summed E-state index contributed by atoms with van der Waals surface area (Å²) in [7, 11) is -0.775. The Morgan fingerprint density at radius 3 is 2.41 bits per heavy atom. The van der Waals surface area contributed by atoms with E-state index in [-0.39, 0.29) is 18.3 Å². The van der Waals surface area contributed by atoms with Gasteiger partial charge in [0.15, 0.2) is 0 Å². The van der Waals surface area contributed by atoms with Crippen molar-refractivity contribution in [3.8, 4) is 11.5 Å². The molecule has 0 heterocycles. The molecular formula is C19H24N2O5S. The minimum atomic E-state index is -3.73. The summed E-state index contributed by atoms with van der Waals surface area (Å²) in [6.07, 6.45) is 0. The van der Waals surface area contributed by atoms with Crippen molar-refractivity contribution < 1.29 is 22.7 Å². The van der Waals surface area contributed by atoms with Crippen molar-refractivity contribution in [2.75, 3.05) is 20.8 Å². The molecule has 0 aliphatic heterocycles. The van der Waals surface area contributed by atoms with E-state index in [1.807, 2.05) is 37.3 Å². The molecule has 1 unspecified atom stereocenters. The lowest BCUT2D eigenvalue weighted by Gasteiger charge is -2.15. The van der Waals surface area contributed by atoms with Crippen LogP contribution in [-0.2, 0) is 20.6 Å². The van der Waals surface area contributed by atoms with Crippen LogP contribution in [0.4, 0.5) is 0 Å². The molecular weight excluding hydrogens is 368 g/mol. The van der Waals surface area contributed by atoms with Crippen molar-refractivity contribution in [3.05, 3.63) is 59.7 Å². The molecule has 146 valence electrons. The van der Waals surface area contributed by atoms with Crippen LogP contribution in [0.1, 0.15) is 24.1 Å². The molecule has 0 aromatic heterocycles. The van der Waals surface area contributed by atoms with Gasteiger partial charge in [0.1, 0.15) is 11.5 Å². The summed E-state index contributed by atoms with van der Waals surface area (Å²) >= 11 is 0. The van der Waals surface area contributed by atoms with Gasteiger partial charge in [0, 0.05) is 5.56 Å². The molecule has 1 atom stereocenters. The fourth-order valence-electron chi connectivity index (χ4n) is 2.54. The highest BCUT2D eigenvalue weighted by atomic mass is 32.2. The van der Waals surface area contributed by atoms with Gasteiger partial charge in [-0.3, -0.25) is 4.79 Å². The van der Waals surface area contributed by atoms with Crippen molar-refractivity contribution in [2.24, 2.45) is 0 Å². The Hall–Kier alpha value is -2.58. The predicted molar refractivity (Wildman–Crippen MR) is 103 cm³/mol. The highest BCUT2D eigenvalue weighted by molar-refractivity contribution is 7.88. The first-order valence-corrected chi connectivity index (χ1v) is 10.0. The summed E-state index contributed by atoms with van der Waals surface area (Å²) in [5.41, 5.74) is 1.39. The predicted octanol–water partition coefficient (Wildman–Crippen LogP) is 2.00. The summed E-state index contributed by atoms with van der Waals surface area (Å²) in [5.74, 6) is 0.223. The first kappa shape index (κ1) is 20.7. The first-order chi connectivity index (χ1) is 12.8. The number of hydrogen-bond donors (Lipinski definition) is 2. The van der Waals surface area contributed by atoms with Gasteiger partial charge in [0.05, 0.1) is 32.6 Å². The van der Waals surface area contributed by atoms with Gasteiger partial charge in [-0.1, -0.05) is 30.3 Å². The van der Waals surface area contributed by atoms with Crippen LogP contribution >= 0.6 is 0 Å². The normalized spacial score (nSPS) is 12.3. The van der Waals surface area contributed by atoms with Crippen LogP contribution in [-0.4, -0.2) is 35.1 Å². The van der Waals surface area contributed by atoms with Gasteiger partial charge in [-0.05, 0) is 30.7 Å². The maximum Gasteiger partial charge on any atom is 0.235 e. The van der Waals surface area contributed by atoms with Gasteiger partial charge in [0.2, 0.25) is 15.9 Å². The van der Waals surface area contributed by atoms with Crippen molar-refractivity contribution in [2.45, 2.75) is 18.7 Å². The monoisotopic (exact) mass is 392 g/mol. The Balaban J connectivity index is 1.95. The number of rotatable bonds is 9. The van der Waals surface area contributed by atoms with E-state index in [4.69, 9.17) is 9.47 Å². The maximum atomic E-state index is 12.3. The van der Waals surface area contributed by atoms with Crippen LogP contribution in [0.3, 0.4) is 0 Å². The lowest BCUT2D eigenvalue weighted by Crippen LogP contribution is -2.38. The lowest BCUT2D eigenvalue weighted by molar-refractivity contribution is -0.120. The van der Waals surface area contributed by atoms with E-state index in [2.05, 4.69) is 10.0 Å². The number of benzene rings is 2. The zero-order chi connectivity index (χ0) is 19.9. The SMILES string of the molecule is COc1ccc(OC)c(CS(=O)(=O)NCC(=O)NC(C)c2ccccc2)c1. The van der Waals surface area contributed by atoms with E-state index in [9.17, 15) is 13.2 Å². The fourth-order valence-corrected chi connectivity index (χ4v) is 3.63. The Labute approximate surface area is 159 Å². The minimum Gasteiger partial charge on any atom is -0.497 e. The van der Waals surface area contributed by atoms with Crippen molar-refractivity contribution in [3.63, 3.8) is 0 Å². The van der Waals surface area contributed by atoms with E-state index >= 15 is 0 Å². The number of ether oxygens (including phenoxy) is 2. The summed E-state index contributed by atoms with van der Waals surface area (Å²) in [5, 5.41) is 2.76. The number of methoxy groups -OCH3 is 2. The zero-order valence-corrected chi connectivity index (χ0v) is 16.4. The highest BCUT2D eigenvalue weighted by Crippen LogP contribution is 2.25. The van der Waals surface area contributed by atoms with Gasteiger partial charge in [-0.15, -0.1) is 0 Å². The number of carbonyl (C=O) groups is 1. The van der Waals surface area contributed by atoms with Gasteiger partial charge in [-0.2, -0.15) is 0 Å². The summed E-state index contributed by atoms with van der Waals surface area (Å²) in [6.45, 7) is 1.49. The van der Waals surface area contributed by atoms with Crippen LogP contribution in [0.25, 0.3) is 0 Å². The molecule has 0 aliphatic carbocycles. The molecule has 2 aromatic rings. The standard InChI is InChI=1S/C19H24N2O5S/c1-14(15-7-5-4-6-8-15)21-19(22)12-20-27(23,24)13-16-11-17(25-2)9-10-18(16)26-3/h4-11,14,20H,12-13H2,1-3H3,(H,21,22). The second-order valence-corrected chi connectivity index (χ2v) is 7.76. The number of amides is 1. The van der Waals surface area contributed by atoms with Crippen LogP contribution < -0.4 is 19.5 Å². The van der Waals surface area contributed by atoms with Crippen molar-refractivity contribution in [1.29, 1.82) is 0 Å². The zero-order valence-electron chi connectivity index (χ0n) is 15.6. The third-order valence-electron chi connectivity index (χ3n) is 3.96. The maximum absolute atomic E-state index is 12.3. The van der Waals surface area contributed by atoms with E-state index in [1.54, 1.807) is 18.2 Å². The Morgan fingerprint density at radius 2 is 1.78 bits per heavy atom. The van der Waals surface area contributed by atoms with Crippen LogP contribution in [0.15, 0.2) is 48.5 Å². The second kappa shape index (κ2) is 9.38. The van der Waals surface area contributed by atoms with E-state index in [0.29, 0.717) is 17.1 Å². The van der Waals surface area contributed by atoms with Crippen molar-refractivity contribution >= 4 is 15.9 Å². The van der Waals surface area contributed by atoms with Gasteiger partial charge in [-0.25, -0.2) is 13.1 Å². The second-order valence-electron chi connectivity index (χ2n) is 5.96. The van der Waals surface area contributed by atoms with Crippen LogP contribution in [0, 0.1) is 0 Å². The molecule has 7 nitrogen and oxygen atoms in total. The third-order valence-corrected chi connectivity index (χ3v) is 5.24. The number of hydrogen-bond acceptors (Lipinski definition) is 5. The summed E-state index contributed by atoms with van der Waals surface area (Å²) in [6, 6.07) is 14.1. The molecule has 8 heteroatoms. The molecule has 0 saturated heterocycles. The molecule has 0 fully saturated rings. The minimum absolute atomic E-state index is 0.221. The number of sulfonamides is 1. The molecule has 2 rings (SSSR count). The van der Waals surface area contributed by atoms with Crippen molar-refractivity contribution in [1.82, 2.24) is 10.0 Å². The molecule has 1 amide bonds. The molecule has 27 heavy (non-hydrogen) atoms. The van der Waals surface area contributed by atoms with Crippen LogP contribution in [0.2, 0.25) is 0 Å². The average molecular weight is 392 g/mol. The molecule has 0 spiro atoms. The lowest BCUT2D eigenvalue weighted by atomic mass is 10.1. The smallest absolute Gasteiger partial charge is 0.235 e. The quantitative estimate of drug-likeness (QED) is 0.681. The van der Waals surface area contributed by atoms with E-state index in [0.717, 1.165) is 5.56 Å². The van der Waals surface area contributed by atoms with Crippen LogP contribution in [0.5, 0.6) is 11.5 Å². The fraction of sp³-hybridized carbons (Fsp3) is 0.316. The molecule has 0 aliphatic rings. The third kappa shape index (κ3) is 6.26. The number of nitrogens with one attached hydrogen (secondary N) is 2. The van der Waals surface area contributed by atoms with Gasteiger partial charge in [0.25, 0.3) is 0 Å². The summed E-state index contributed by atoms with van der Waals surface area (Å²) < 4.78 is 37.3. The first-order valence-electron chi connectivity index (χ1n) is 8.37. The molecule has 2 aromatic carbocycles. The molecule has 0 bridgehead atoms. The highest BCUT2D eigenvalue weighted by Gasteiger charge is 2.18. The molecule has 0 saturated carbocycles. The van der Waals surface area contributed by atoms with Gasteiger partial charge < -0.3 is 14.8 Å². The largest absolute Gasteiger partial charge is 0.497 e. The van der Waals surface area contributed by atoms with Gasteiger partial charge >= 0.3 is 0 Å². The van der Waals surface area contributed by atoms with E-state index < -0.39 is 15.9 Å². The van der Waals surface area contributed by atoms with E-state index in [1.165, 1.54) is 14.2 Å². The Morgan fingerprint density at radius 1 is 1.07 bits per heavy atom. The Kier molecular flexibility index (Phi) is 7.20. The molecule has 2 N–H and O–H groups in total.